The summed E-state index contributed by atoms with van der Waals surface area (Å²) >= 11 is 0. The van der Waals surface area contributed by atoms with E-state index in [1.54, 1.807) is 19.2 Å². The second-order valence-electron chi connectivity index (χ2n) is 4.14. The first-order valence-electron chi connectivity index (χ1n) is 5.75. The monoisotopic (exact) mass is 284 g/mol. The highest BCUT2D eigenvalue weighted by Crippen LogP contribution is 2.19. The van der Waals surface area contributed by atoms with Gasteiger partial charge in [-0.3, -0.25) is 0 Å². The second-order valence-corrected chi connectivity index (χ2v) is 6.12. The van der Waals surface area contributed by atoms with E-state index in [-0.39, 0.29) is 11.6 Å². The molecule has 0 saturated heterocycles. The van der Waals surface area contributed by atoms with E-state index in [2.05, 4.69) is 5.32 Å². The maximum absolute atomic E-state index is 12.3. The maximum Gasteiger partial charge on any atom is 0.276 e. The summed E-state index contributed by atoms with van der Waals surface area (Å²) in [5, 5.41) is 2.85. The fourth-order valence-corrected chi connectivity index (χ4v) is 2.72. The van der Waals surface area contributed by atoms with Crippen LogP contribution in [0.15, 0.2) is 44.7 Å². The van der Waals surface area contributed by atoms with Crippen molar-refractivity contribution in [1.82, 2.24) is 9.62 Å². The highest BCUT2D eigenvalue weighted by Gasteiger charge is 2.24. The van der Waals surface area contributed by atoms with Crippen LogP contribution in [0.2, 0.25) is 0 Å². The van der Waals surface area contributed by atoms with Gasteiger partial charge >= 0.3 is 0 Å². The van der Waals surface area contributed by atoms with Gasteiger partial charge in [-0.2, -0.15) is 4.31 Å². The number of nitrogens with one attached hydrogen (secondary N) is 1. The highest BCUT2D eigenvalue weighted by molar-refractivity contribution is 7.88. The molecule has 0 aliphatic rings. The molecule has 104 valence electrons. The average Bonchev–Trinajstić information content (AvgIpc) is 3.00. The van der Waals surface area contributed by atoms with Crippen molar-refractivity contribution in [3.05, 3.63) is 42.0 Å². The van der Waals surface area contributed by atoms with Crippen LogP contribution in [-0.4, -0.2) is 26.8 Å². The molecule has 1 N–H and O–H groups in total. The Morgan fingerprint density at radius 3 is 2.74 bits per heavy atom. The van der Waals surface area contributed by atoms with Crippen LogP contribution < -0.4 is 5.32 Å². The van der Waals surface area contributed by atoms with Gasteiger partial charge in [0.1, 0.15) is 5.76 Å². The summed E-state index contributed by atoms with van der Waals surface area (Å²) in [5.74, 6) is 0.581. The Labute approximate surface area is 112 Å². The number of hydrogen-bond donors (Lipinski definition) is 1. The van der Waals surface area contributed by atoms with E-state index >= 15 is 0 Å². The molecule has 7 heteroatoms. The lowest BCUT2D eigenvalue weighted by Gasteiger charge is -2.14. The lowest BCUT2D eigenvalue weighted by molar-refractivity contribution is 0.382. The van der Waals surface area contributed by atoms with Gasteiger partial charge in [0.2, 0.25) is 5.09 Å². The largest absolute Gasteiger partial charge is 0.472 e. The summed E-state index contributed by atoms with van der Waals surface area (Å²) in [6.45, 7) is 0.724. The SMILES string of the molecule is CNCc1ccc(S(=O)(=O)N(C)Cc2ccoc2)o1. The number of hydrogen-bond acceptors (Lipinski definition) is 5. The first kappa shape index (κ1) is 13.9. The Hall–Kier alpha value is -1.57. The van der Waals surface area contributed by atoms with Gasteiger partial charge in [-0.05, 0) is 25.2 Å². The number of sulfonamides is 1. The molecule has 0 saturated carbocycles. The minimum Gasteiger partial charge on any atom is -0.472 e. The Balaban J connectivity index is 2.16. The maximum atomic E-state index is 12.3. The van der Waals surface area contributed by atoms with Gasteiger partial charge in [0.25, 0.3) is 10.0 Å². The Morgan fingerprint density at radius 1 is 1.32 bits per heavy atom. The van der Waals surface area contributed by atoms with Gasteiger partial charge in [0.15, 0.2) is 0 Å². The summed E-state index contributed by atoms with van der Waals surface area (Å²) in [4.78, 5) is 0. The van der Waals surface area contributed by atoms with E-state index in [9.17, 15) is 8.42 Å². The van der Waals surface area contributed by atoms with Gasteiger partial charge in [-0.25, -0.2) is 8.42 Å². The van der Waals surface area contributed by atoms with Gasteiger partial charge < -0.3 is 14.2 Å². The van der Waals surface area contributed by atoms with E-state index in [4.69, 9.17) is 8.83 Å². The van der Waals surface area contributed by atoms with Crippen molar-refractivity contribution in [1.29, 1.82) is 0 Å². The van der Waals surface area contributed by atoms with Crippen LogP contribution >= 0.6 is 0 Å². The Bertz CT molecular complexity index is 616. The van der Waals surface area contributed by atoms with Crippen molar-refractivity contribution >= 4 is 10.0 Å². The Morgan fingerprint density at radius 2 is 2.11 bits per heavy atom. The van der Waals surface area contributed by atoms with Crippen molar-refractivity contribution in [2.75, 3.05) is 14.1 Å². The number of rotatable bonds is 6. The van der Waals surface area contributed by atoms with Gasteiger partial charge in [-0.15, -0.1) is 0 Å². The zero-order valence-corrected chi connectivity index (χ0v) is 11.6. The normalized spacial score (nSPS) is 12.2. The average molecular weight is 284 g/mol. The molecule has 0 amide bonds. The summed E-state index contributed by atoms with van der Waals surface area (Å²) in [7, 11) is -0.347. The first-order chi connectivity index (χ1) is 9.04. The minimum absolute atomic E-state index is 0.0521. The molecule has 0 aromatic carbocycles. The van der Waals surface area contributed by atoms with Crippen LogP contribution in [0, 0.1) is 0 Å². The zero-order chi connectivity index (χ0) is 13.9. The van der Waals surface area contributed by atoms with Crippen molar-refractivity contribution in [3.8, 4) is 0 Å². The molecule has 2 rings (SSSR count). The van der Waals surface area contributed by atoms with Crippen LogP contribution in [0.25, 0.3) is 0 Å². The zero-order valence-electron chi connectivity index (χ0n) is 10.8. The molecule has 0 fully saturated rings. The van der Waals surface area contributed by atoms with Crippen LogP contribution in [0.3, 0.4) is 0 Å². The molecule has 0 aliphatic heterocycles. The predicted octanol–water partition coefficient (Wildman–Crippen LogP) is 1.41. The standard InChI is InChI=1S/C12H16N2O4S/c1-13-7-11-3-4-12(18-11)19(15,16)14(2)8-10-5-6-17-9-10/h3-6,9,13H,7-8H2,1-2H3. The minimum atomic E-state index is -3.62. The molecule has 2 aromatic rings. The van der Waals surface area contributed by atoms with Crippen molar-refractivity contribution in [3.63, 3.8) is 0 Å². The van der Waals surface area contributed by atoms with E-state index in [1.807, 2.05) is 0 Å². The van der Waals surface area contributed by atoms with E-state index in [0.717, 1.165) is 5.56 Å². The third-order valence-corrected chi connectivity index (χ3v) is 4.32. The topological polar surface area (TPSA) is 75.7 Å². The lowest BCUT2D eigenvalue weighted by atomic mass is 10.3. The summed E-state index contributed by atoms with van der Waals surface area (Å²) < 4.78 is 36.0. The molecule has 2 aromatic heterocycles. The molecule has 0 aliphatic carbocycles. The quantitative estimate of drug-likeness (QED) is 0.868. The highest BCUT2D eigenvalue weighted by atomic mass is 32.2. The van der Waals surface area contributed by atoms with E-state index in [1.165, 1.54) is 29.9 Å². The number of nitrogens with zero attached hydrogens (tertiary/aromatic N) is 1. The van der Waals surface area contributed by atoms with Crippen LogP contribution in [-0.2, 0) is 23.1 Å². The van der Waals surface area contributed by atoms with E-state index in [0.29, 0.717) is 12.3 Å². The smallest absolute Gasteiger partial charge is 0.276 e. The lowest BCUT2D eigenvalue weighted by Crippen LogP contribution is -2.25. The van der Waals surface area contributed by atoms with Crippen molar-refractivity contribution in [2.45, 2.75) is 18.2 Å². The third kappa shape index (κ3) is 3.06. The molecular formula is C12H16N2O4S. The Kier molecular flexibility index (Phi) is 4.08. The first-order valence-corrected chi connectivity index (χ1v) is 7.19. The van der Waals surface area contributed by atoms with E-state index < -0.39 is 10.0 Å². The summed E-state index contributed by atoms with van der Waals surface area (Å²) in [5.41, 5.74) is 0.785. The molecule has 0 unspecified atom stereocenters. The van der Waals surface area contributed by atoms with Crippen LogP contribution in [0.5, 0.6) is 0 Å². The van der Waals surface area contributed by atoms with Crippen LogP contribution in [0.1, 0.15) is 11.3 Å². The second kappa shape index (κ2) is 5.60. The molecular weight excluding hydrogens is 268 g/mol. The number of furan rings is 2. The fraction of sp³-hybridized carbons (Fsp3) is 0.333. The molecule has 6 nitrogen and oxygen atoms in total. The molecule has 0 radical (unpaired) electrons. The van der Waals surface area contributed by atoms with Crippen molar-refractivity contribution < 1.29 is 17.3 Å². The van der Waals surface area contributed by atoms with Gasteiger partial charge in [0.05, 0.1) is 19.1 Å². The van der Waals surface area contributed by atoms with Gasteiger partial charge in [-0.1, -0.05) is 0 Å². The van der Waals surface area contributed by atoms with Crippen LogP contribution in [0.4, 0.5) is 0 Å². The van der Waals surface area contributed by atoms with Gasteiger partial charge in [0, 0.05) is 19.2 Å². The molecule has 2 heterocycles. The van der Waals surface area contributed by atoms with Crippen molar-refractivity contribution in [2.24, 2.45) is 0 Å². The summed E-state index contributed by atoms with van der Waals surface area (Å²) in [6.07, 6.45) is 3.02. The molecule has 19 heavy (non-hydrogen) atoms. The fourth-order valence-electron chi connectivity index (χ4n) is 1.64. The molecule has 0 bridgehead atoms. The molecule has 0 spiro atoms. The molecule has 0 atom stereocenters. The third-order valence-electron chi connectivity index (χ3n) is 2.64. The summed E-state index contributed by atoms with van der Waals surface area (Å²) in [6, 6.07) is 4.84. The predicted molar refractivity (Wildman–Crippen MR) is 68.8 cm³/mol.